The molecule has 0 unspecified atom stereocenters. The number of rotatable bonds is 7. The van der Waals surface area contributed by atoms with Gasteiger partial charge in [-0.3, -0.25) is 4.79 Å². The number of nitrogens with one attached hydrogen (secondary N) is 1. The molecule has 0 aliphatic heterocycles. The number of para-hydroxylation sites is 1. The van der Waals surface area contributed by atoms with Crippen molar-refractivity contribution in [2.45, 2.75) is 19.6 Å². The molecule has 2 aromatic carbocycles. The second-order valence-corrected chi connectivity index (χ2v) is 6.35. The second kappa shape index (κ2) is 9.10. The molecule has 1 heterocycles. The highest BCUT2D eigenvalue weighted by Gasteiger charge is 2.21. The Labute approximate surface area is 167 Å². The summed E-state index contributed by atoms with van der Waals surface area (Å²) >= 11 is 5.81. The zero-order chi connectivity index (χ0) is 19.9. The van der Waals surface area contributed by atoms with Crippen molar-refractivity contribution >= 4 is 29.2 Å². The molecule has 0 radical (unpaired) electrons. The van der Waals surface area contributed by atoms with E-state index in [4.69, 9.17) is 25.5 Å². The largest absolute Gasteiger partial charge is 0.486 e. The minimum Gasteiger partial charge on any atom is -0.486 e. The number of halogens is 1. The Morgan fingerprint density at radius 2 is 1.75 bits per heavy atom. The molecule has 1 atom stereocenters. The maximum absolute atomic E-state index is 12.2. The first-order chi connectivity index (χ1) is 13.5. The van der Waals surface area contributed by atoms with Crippen LogP contribution in [0.15, 0.2) is 71.1 Å². The standard InChI is InChI=1S/C21H18ClNO5/c1-14(20(24)23-16-9-7-15(22)8-10-16)27-21(25)19-12-11-18(28-19)13-26-17-5-3-2-4-6-17/h2-12,14H,13H2,1H3,(H,23,24)/t14-/m1/s1. The molecule has 0 saturated heterocycles. The quantitative estimate of drug-likeness (QED) is 0.583. The summed E-state index contributed by atoms with van der Waals surface area (Å²) in [6.45, 7) is 1.65. The van der Waals surface area contributed by atoms with Crippen LogP contribution in [-0.2, 0) is 16.1 Å². The smallest absolute Gasteiger partial charge is 0.375 e. The summed E-state index contributed by atoms with van der Waals surface area (Å²) < 4.78 is 16.2. The van der Waals surface area contributed by atoms with E-state index in [0.29, 0.717) is 22.2 Å². The number of furan rings is 1. The minimum absolute atomic E-state index is 0.00203. The van der Waals surface area contributed by atoms with E-state index >= 15 is 0 Å². The van der Waals surface area contributed by atoms with E-state index in [0.717, 1.165) is 0 Å². The zero-order valence-corrected chi connectivity index (χ0v) is 15.8. The molecule has 3 rings (SSSR count). The van der Waals surface area contributed by atoms with Gasteiger partial charge in [-0.15, -0.1) is 0 Å². The fourth-order valence-electron chi connectivity index (χ4n) is 2.29. The van der Waals surface area contributed by atoms with Gasteiger partial charge in [0.15, 0.2) is 6.10 Å². The summed E-state index contributed by atoms with van der Waals surface area (Å²) in [4.78, 5) is 24.3. The van der Waals surface area contributed by atoms with Gasteiger partial charge < -0.3 is 19.2 Å². The van der Waals surface area contributed by atoms with E-state index < -0.39 is 18.0 Å². The monoisotopic (exact) mass is 399 g/mol. The number of carbonyl (C=O) groups is 2. The highest BCUT2D eigenvalue weighted by atomic mass is 35.5. The molecule has 7 heteroatoms. The lowest BCUT2D eigenvalue weighted by molar-refractivity contribution is -0.123. The average molecular weight is 400 g/mol. The molecule has 1 aromatic heterocycles. The predicted molar refractivity (Wildman–Crippen MR) is 104 cm³/mol. The van der Waals surface area contributed by atoms with Crippen LogP contribution >= 0.6 is 11.6 Å². The molecule has 144 valence electrons. The van der Waals surface area contributed by atoms with E-state index in [-0.39, 0.29) is 12.4 Å². The van der Waals surface area contributed by atoms with Gasteiger partial charge >= 0.3 is 5.97 Å². The van der Waals surface area contributed by atoms with E-state index in [9.17, 15) is 9.59 Å². The van der Waals surface area contributed by atoms with E-state index in [1.54, 1.807) is 30.3 Å². The first-order valence-electron chi connectivity index (χ1n) is 8.55. The van der Waals surface area contributed by atoms with E-state index in [1.807, 2.05) is 30.3 Å². The molecule has 0 bridgehead atoms. The number of benzene rings is 2. The molecular formula is C21H18ClNO5. The summed E-state index contributed by atoms with van der Waals surface area (Å²) in [5, 5.41) is 3.20. The fraction of sp³-hybridized carbons (Fsp3) is 0.143. The van der Waals surface area contributed by atoms with Gasteiger partial charge in [-0.25, -0.2) is 4.79 Å². The van der Waals surface area contributed by atoms with Crippen molar-refractivity contribution in [2.24, 2.45) is 0 Å². The number of hydrogen-bond acceptors (Lipinski definition) is 5. The Bertz CT molecular complexity index is 937. The molecule has 0 aliphatic rings. The predicted octanol–water partition coefficient (Wildman–Crippen LogP) is 4.70. The number of amides is 1. The average Bonchev–Trinajstić information content (AvgIpc) is 3.18. The van der Waals surface area contributed by atoms with E-state index in [1.165, 1.54) is 13.0 Å². The van der Waals surface area contributed by atoms with Crippen LogP contribution in [-0.4, -0.2) is 18.0 Å². The Balaban J connectivity index is 1.51. The second-order valence-electron chi connectivity index (χ2n) is 5.91. The van der Waals surface area contributed by atoms with Crippen molar-refractivity contribution < 1.29 is 23.5 Å². The van der Waals surface area contributed by atoms with Gasteiger partial charge in [-0.1, -0.05) is 29.8 Å². The maximum Gasteiger partial charge on any atom is 0.375 e. The molecule has 0 spiro atoms. The van der Waals surface area contributed by atoms with Gasteiger partial charge in [-0.05, 0) is 55.5 Å². The Morgan fingerprint density at radius 3 is 2.46 bits per heavy atom. The van der Waals surface area contributed by atoms with Crippen molar-refractivity contribution in [3.8, 4) is 5.75 Å². The fourth-order valence-corrected chi connectivity index (χ4v) is 2.41. The van der Waals surface area contributed by atoms with Crippen molar-refractivity contribution in [1.29, 1.82) is 0 Å². The molecule has 6 nitrogen and oxygen atoms in total. The minimum atomic E-state index is -1.00. The van der Waals surface area contributed by atoms with Crippen molar-refractivity contribution in [3.63, 3.8) is 0 Å². The van der Waals surface area contributed by atoms with Gasteiger partial charge in [0.2, 0.25) is 5.76 Å². The third-order valence-corrected chi connectivity index (χ3v) is 4.00. The van der Waals surface area contributed by atoms with Crippen LogP contribution in [0.25, 0.3) is 0 Å². The van der Waals surface area contributed by atoms with Crippen LogP contribution in [0.2, 0.25) is 5.02 Å². The van der Waals surface area contributed by atoms with Crippen molar-refractivity contribution in [3.05, 3.63) is 83.3 Å². The van der Waals surface area contributed by atoms with Gasteiger partial charge in [0, 0.05) is 10.7 Å². The van der Waals surface area contributed by atoms with Gasteiger partial charge in [0.25, 0.3) is 5.91 Å². The highest BCUT2D eigenvalue weighted by Crippen LogP contribution is 2.16. The molecular weight excluding hydrogens is 382 g/mol. The SMILES string of the molecule is C[C@@H](OC(=O)c1ccc(COc2ccccc2)o1)C(=O)Nc1ccc(Cl)cc1. The lowest BCUT2D eigenvalue weighted by Gasteiger charge is -2.12. The molecule has 28 heavy (non-hydrogen) atoms. The van der Waals surface area contributed by atoms with E-state index in [2.05, 4.69) is 5.32 Å². The van der Waals surface area contributed by atoms with Crippen LogP contribution in [0.3, 0.4) is 0 Å². The summed E-state index contributed by atoms with van der Waals surface area (Å²) in [7, 11) is 0. The molecule has 1 amide bonds. The number of hydrogen-bond donors (Lipinski definition) is 1. The summed E-state index contributed by atoms with van der Waals surface area (Å²) in [5.74, 6) is -0.0398. The molecule has 0 fully saturated rings. The summed E-state index contributed by atoms with van der Waals surface area (Å²) in [6.07, 6.45) is -1.00. The van der Waals surface area contributed by atoms with Crippen LogP contribution in [0.4, 0.5) is 5.69 Å². The summed E-state index contributed by atoms with van der Waals surface area (Å²) in [6, 6.07) is 18.9. The number of carbonyl (C=O) groups excluding carboxylic acids is 2. The number of anilines is 1. The van der Waals surface area contributed by atoms with Gasteiger partial charge in [-0.2, -0.15) is 0 Å². The van der Waals surface area contributed by atoms with Gasteiger partial charge in [0.1, 0.15) is 18.1 Å². The first-order valence-corrected chi connectivity index (χ1v) is 8.93. The number of ether oxygens (including phenoxy) is 2. The maximum atomic E-state index is 12.2. The molecule has 0 aliphatic carbocycles. The topological polar surface area (TPSA) is 77.8 Å². The normalized spacial score (nSPS) is 11.5. The molecule has 3 aromatic rings. The summed E-state index contributed by atoms with van der Waals surface area (Å²) in [5.41, 5.74) is 0.552. The van der Waals surface area contributed by atoms with Gasteiger partial charge in [0.05, 0.1) is 0 Å². The van der Waals surface area contributed by atoms with Crippen LogP contribution in [0.1, 0.15) is 23.2 Å². The van der Waals surface area contributed by atoms with Crippen LogP contribution < -0.4 is 10.1 Å². The lowest BCUT2D eigenvalue weighted by atomic mass is 10.3. The number of esters is 1. The zero-order valence-electron chi connectivity index (χ0n) is 15.1. The highest BCUT2D eigenvalue weighted by molar-refractivity contribution is 6.30. The lowest BCUT2D eigenvalue weighted by Crippen LogP contribution is -2.29. The third-order valence-electron chi connectivity index (χ3n) is 3.75. The Hall–Kier alpha value is -3.25. The Kier molecular flexibility index (Phi) is 6.34. The molecule has 1 N–H and O–H groups in total. The van der Waals surface area contributed by atoms with Crippen LogP contribution in [0.5, 0.6) is 5.75 Å². The third kappa shape index (κ3) is 5.37. The van der Waals surface area contributed by atoms with Crippen LogP contribution in [0, 0.1) is 0 Å². The Morgan fingerprint density at radius 1 is 1.04 bits per heavy atom. The van der Waals surface area contributed by atoms with Crippen molar-refractivity contribution in [1.82, 2.24) is 0 Å². The molecule has 0 saturated carbocycles. The van der Waals surface area contributed by atoms with Crippen molar-refractivity contribution in [2.75, 3.05) is 5.32 Å². The first kappa shape index (κ1) is 19.5.